The smallest absolute Gasteiger partial charge is 0.191 e. The number of aliphatic imine (C=N–C) groups is 1. The first-order valence-electron chi connectivity index (χ1n) is 7.99. The van der Waals surface area contributed by atoms with Gasteiger partial charge in [-0.25, -0.2) is 4.39 Å². The van der Waals surface area contributed by atoms with Gasteiger partial charge >= 0.3 is 0 Å². The zero-order valence-corrected chi connectivity index (χ0v) is 17.3. The predicted molar refractivity (Wildman–Crippen MR) is 113 cm³/mol. The number of guanidine groups is 1. The van der Waals surface area contributed by atoms with Gasteiger partial charge in [0.2, 0.25) is 0 Å². The van der Waals surface area contributed by atoms with Crippen LogP contribution < -0.4 is 10.6 Å². The van der Waals surface area contributed by atoms with Crippen LogP contribution in [-0.4, -0.2) is 32.0 Å². The highest BCUT2D eigenvalue weighted by Gasteiger charge is 2.06. The van der Waals surface area contributed by atoms with Crippen molar-refractivity contribution in [1.82, 2.24) is 15.5 Å². The molecule has 0 aliphatic carbocycles. The molecule has 0 fully saturated rings. The van der Waals surface area contributed by atoms with Crippen molar-refractivity contribution in [1.29, 1.82) is 0 Å². The second kappa shape index (κ2) is 11.0. The molecular formula is C19H26FIN4. The van der Waals surface area contributed by atoms with Crippen molar-refractivity contribution in [3.63, 3.8) is 0 Å². The summed E-state index contributed by atoms with van der Waals surface area (Å²) >= 11 is 0. The molecule has 0 saturated carbocycles. The molecule has 2 aromatic rings. The number of halogens is 2. The lowest BCUT2D eigenvalue weighted by Crippen LogP contribution is -2.36. The Morgan fingerprint density at radius 1 is 1.00 bits per heavy atom. The average Bonchev–Trinajstić information content (AvgIpc) is 2.58. The molecule has 2 rings (SSSR count). The Labute approximate surface area is 166 Å². The molecule has 0 aliphatic rings. The normalized spacial score (nSPS) is 11.2. The number of nitrogens with zero attached hydrogens (tertiary/aromatic N) is 2. The molecule has 0 saturated heterocycles. The summed E-state index contributed by atoms with van der Waals surface area (Å²) in [5.74, 6) is 0.552. The van der Waals surface area contributed by atoms with Crippen molar-refractivity contribution in [2.45, 2.75) is 19.6 Å². The highest BCUT2D eigenvalue weighted by Crippen LogP contribution is 2.12. The van der Waals surface area contributed by atoms with Gasteiger partial charge in [0, 0.05) is 32.2 Å². The van der Waals surface area contributed by atoms with Crippen LogP contribution in [-0.2, 0) is 19.6 Å². The molecule has 0 aliphatic heterocycles. The van der Waals surface area contributed by atoms with E-state index in [0.717, 1.165) is 11.5 Å². The van der Waals surface area contributed by atoms with Gasteiger partial charge in [0.15, 0.2) is 5.96 Å². The summed E-state index contributed by atoms with van der Waals surface area (Å²) in [4.78, 5) is 6.17. The Balaban J connectivity index is 0.00000312. The minimum Gasteiger partial charge on any atom is -0.352 e. The Morgan fingerprint density at radius 3 is 2.24 bits per heavy atom. The molecule has 0 aromatic heterocycles. The fourth-order valence-corrected chi connectivity index (χ4v) is 2.39. The van der Waals surface area contributed by atoms with Crippen LogP contribution in [0.2, 0.25) is 0 Å². The van der Waals surface area contributed by atoms with Crippen molar-refractivity contribution in [3.05, 3.63) is 71.0 Å². The second-order valence-electron chi connectivity index (χ2n) is 5.93. The molecule has 4 nitrogen and oxygen atoms in total. The molecule has 2 N–H and O–H groups in total. The van der Waals surface area contributed by atoms with E-state index in [-0.39, 0.29) is 29.8 Å². The topological polar surface area (TPSA) is 39.7 Å². The lowest BCUT2D eigenvalue weighted by atomic mass is 10.1. The number of nitrogens with one attached hydrogen (secondary N) is 2. The van der Waals surface area contributed by atoms with Crippen LogP contribution in [0.15, 0.2) is 53.5 Å². The summed E-state index contributed by atoms with van der Waals surface area (Å²) < 4.78 is 13.8. The summed E-state index contributed by atoms with van der Waals surface area (Å²) in [6.45, 7) is 1.88. The zero-order valence-electron chi connectivity index (χ0n) is 14.9. The lowest BCUT2D eigenvalue weighted by molar-refractivity contribution is 0.392. The van der Waals surface area contributed by atoms with Gasteiger partial charge in [-0.2, -0.15) is 0 Å². The zero-order chi connectivity index (χ0) is 17.4. The Hall–Kier alpha value is -1.67. The van der Waals surface area contributed by atoms with Crippen LogP contribution in [0.3, 0.4) is 0 Å². The van der Waals surface area contributed by atoms with E-state index in [4.69, 9.17) is 0 Å². The molecule has 0 atom stereocenters. The van der Waals surface area contributed by atoms with E-state index >= 15 is 0 Å². The third-order valence-electron chi connectivity index (χ3n) is 3.58. The van der Waals surface area contributed by atoms with Crippen molar-refractivity contribution < 1.29 is 4.39 Å². The molecule has 2 aromatic carbocycles. The lowest BCUT2D eigenvalue weighted by Gasteiger charge is -2.14. The first-order chi connectivity index (χ1) is 11.6. The van der Waals surface area contributed by atoms with E-state index in [1.54, 1.807) is 13.1 Å². The molecule has 0 spiro atoms. The number of hydrogen-bond acceptors (Lipinski definition) is 2. The molecule has 136 valence electrons. The van der Waals surface area contributed by atoms with Gasteiger partial charge in [0.1, 0.15) is 5.82 Å². The van der Waals surface area contributed by atoms with E-state index in [1.807, 2.05) is 43.3 Å². The highest BCUT2D eigenvalue weighted by molar-refractivity contribution is 14.0. The van der Waals surface area contributed by atoms with Crippen LogP contribution in [0.1, 0.15) is 16.7 Å². The third kappa shape index (κ3) is 7.39. The first kappa shape index (κ1) is 21.4. The van der Waals surface area contributed by atoms with Crippen LogP contribution in [0, 0.1) is 5.82 Å². The van der Waals surface area contributed by atoms with Gasteiger partial charge < -0.3 is 15.5 Å². The first-order valence-corrected chi connectivity index (χ1v) is 7.99. The third-order valence-corrected chi connectivity index (χ3v) is 3.58. The van der Waals surface area contributed by atoms with E-state index in [9.17, 15) is 4.39 Å². The maximum absolute atomic E-state index is 13.8. The Bertz CT molecular complexity index is 674. The molecule has 0 amide bonds. The fourth-order valence-electron chi connectivity index (χ4n) is 2.39. The fraction of sp³-hybridized carbons (Fsp3) is 0.316. The van der Waals surface area contributed by atoms with Gasteiger partial charge in [0.25, 0.3) is 0 Å². The molecule has 0 heterocycles. The van der Waals surface area contributed by atoms with Gasteiger partial charge in [-0.05, 0) is 37.4 Å². The maximum atomic E-state index is 13.8. The van der Waals surface area contributed by atoms with Gasteiger partial charge in [-0.3, -0.25) is 4.99 Å². The van der Waals surface area contributed by atoms with Gasteiger partial charge in [-0.15, -0.1) is 24.0 Å². The minimum absolute atomic E-state index is 0. The molecule has 0 radical (unpaired) electrons. The van der Waals surface area contributed by atoms with E-state index < -0.39 is 0 Å². The SMILES string of the molecule is CN=C(NCc1ccccc1)NCc1ccc(F)c(CN(C)C)c1.I. The summed E-state index contributed by atoms with van der Waals surface area (Å²) in [6, 6.07) is 15.4. The van der Waals surface area contributed by atoms with Crippen LogP contribution in [0.4, 0.5) is 4.39 Å². The Morgan fingerprint density at radius 2 is 1.64 bits per heavy atom. The minimum atomic E-state index is -0.168. The molecule has 0 bridgehead atoms. The molecule has 6 heteroatoms. The van der Waals surface area contributed by atoms with Crippen molar-refractivity contribution in [3.8, 4) is 0 Å². The number of rotatable bonds is 6. The average molecular weight is 456 g/mol. The number of hydrogen-bond donors (Lipinski definition) is 2. The molecule has 25 heavy (non-hydrogen) atoms. The monoisotopic (exact) mass is 456 g/mol. The second-order valence-corrected chi connectivity index (χ2v) is 5.93. The largest absolute Gasteiger partial charge is 0.352 e. The van der Waals surface area contributed by atoms with Crippen molar-refractivity contribution in [2.24, 2.45) is 4.99 Å². The van der Waals surface area contributed by atoms with Crippen molar-refractivity contribution >= 4 is 29.9 Å². The van der Waals surface area contributed by atoms with Gasteiger partial charge in [0.05, 0.1) is 0 Å². The summed E-state index contributed by atoms with van der Waals surface area (Å²) in [7, 11) is 5.60. The van der Waals surface area contributed by atoms with E-state index in [0.29, 0.717) is 25.2 Å². The standard InChI is InChI=1S/C19H25FN4.HI/c1-21-19(22-12-15-7-5-4-6-8-15)23-13-16-9-10-18(20)17(11-16)14-24(2)3;/h4-11H,12-14H2,1-3H3,(H2,21,22,23);1H. The van der Waals surface area contributed by atoms with Crippen LogP contribution >= 0.6 is 24.0 Å². The van der Waals surface area contributed by atoms with Crippen LogP contribution in [0.25, 0.3) is 0 Å². The summed E-state index contributed by atoms with van der Waals surface area (Å²) in [5.41, 5.74) is 2.91. The summed E-state index contributed by atoms with van der Waals surface area (Å²) in [5, 5.41) is 6.53. The maximum Gasteiger partial charge on any atom is 0.191 e. The van der Waals surface area contributed by atoms with Crippen LogP contribution in [0.5, 0.6) is 0 Å². The Kier molecular flexibility index (Phi) is 9.44. The van der Waals surface area contributed by atoms with Crippen molar-refractivity contribution in [2.75, 3.05) is 21.1 Å². The summed E-state index contributed by atoms with van der Waals surface area (Å²) in [6.07, 6.45) is 0. The molecular weight excluding hydrogens is 430 g/mol. The highest BCUT2D eigenvalue weighted by atomic mass is 127. The molecule has 0 unspecified atom stereocenters. The van der Waals surface area contributed by atoms with E-state index in [2.05, 4.69) is 27.8 Å². The quantitative estimate of drug-likeness (QED) is 0.398. The number of benzene rings is 2. The van der Waals surface area contributed by atoms with E-state index in [1.165, 1.54) is 11.6 Å². The van der Waals surface area contributed by atoms with Gasteiger partial charge in [-0.1, -0.05) is 36.4 Å². The predicted octanol–water partition coefficient (Wildman–Crippen LogP) is 3.37.